The van der Waals surface area contributed by atoms with Crippen LogP contribution in [0.5, 0.6) is 0 Å². The molecule has 10 N–H and O–H groups in total. The maximum absolute atomic E-state index is 12.9. The van der Waals surface area contributed by atoms with E-state index in [1.54, 1.807) is 13.6 Å². The molecule has 0 saturated heterocycles. The van der Waals surface area contributed by atoms with Crippen molar-refractivity contribution in [2.45, 2.75) is 47.7 Å². The van der Waals surface area contributed by atoms with Crippen LogP contribution in [-0.4, -0.2) is 96.7 Å². The Kier molecular flexibility index (Phi) is 32.4. The molecule has 0 aliphatic rings. The van der Waals surface area contributed by atoms with Crippen molar-refractivity contribution < 1.29 is 84.8 Å². The van der Waals surface area contributed by atoms with Crippen LogP contribution < -0.4 is 26.6 Å². The molecule has 0 atom stereocenters. The van der Waals surface area contributed by atoms with Crippen molar-refractivity contribution >= 4 is 94.6 Å². The Bertz CT molecular complexity index is 2190. The number of carbonyl (C=O) groups is 1. The molecule has 22 nitrogen and oxygen atoms in total. The second-order valence-corrected chi connectivity index (χ2v) is 12.3. The SMILES string of the molecule is C.CB(O)N(B(C)O)c1ccc(F)cc1[N+](=O)[O-].CB(O)Nc1ccc(F)cc1N.CB(O)Nc1ccc(F)cc1[N+](=O)[O-].C[B]OOCB=O.Nc1ccc(F)cc1[N+](=O)[O-].O=CC(F)(F)F. The van der Waals surface area contributed by atoms with Gasteiger partial charge in [0.2, 0.25) is 6.29 Å². The van der Waals surface area contributed by atoms with Crippen molar-refractivity contribution in [3.05, 3.63) is 126 Å². The number of carbonyl (C=O) groups excluding carboxylic acids is 1. The van der Waals surface area contributed by atoms with E-state index < -0.39 is 89.9 Å². The van der Waals surface area contributed by atoms with Crippen LogP contribution in [0.15, 0.2) is 72.8 Å². The van der Waals surface area contributed by atoms with E-state index in [4.69, 9.17) is 26.3 Å². The molecule has 4 aromatic rings. The van der Waals surface area contributed by atoms with Gasteiger partial charge in [0.05, 0.1) is 44.3 Å². The monoisotopic (exact) mass is 975 g/mol. The number of aldehydes is 1. The van der Waals surface area contributed by atoms with E-state index >= 15 is 0 Å². The smallest absolute Gasteiger partial charge is 0.393 e. The van der Waals surface area contributed by atoms with Gasteiger partial charge in [-0.2, -0.15) is 13.2 Å². The van der Waals surface area contributed by atoms with Crippen molar-refractivity contribution in [3.63, 3.8) is 0 Å². The molecule has 0 bridgehead atoms. The zero-order valence-corrected chi connectivity index (χ0v) is 35.6. The van der Waals surface area contributed by atoms with Gasteiger partial charge in [-0.3, -0.25) is 35.1 Å². The maximum Gasteiger partial charge on any atom is 0.446 e. The third kappa shape index (κ3) is 28.3. The number of anilines is 5. The standard InChI is InChI=1S/C8H11B2FN2O4.C7H8BFN2O3.C7H10BFN2O.C6H5FN2O2.C2H5B2O3.C2HF3O.CH4/c1-9(14)12(10(2)15)7-4-3-6(11)5-8(7)13(16)17;1-8(12)10-6-3-2-5(9)4-7(6)11(13)14;1-8(12)11-7-3-2-5(9)4-6(7)10;7-4-1-2-5(8)6(3-4)9(10)11;1-3-7-6-2-4-5;3-2(4,5)1-6;/h3-5,14-15H,1-2H3;2-4,10,12H,1H3;2-4,11-12H,10H2,1H3;1-3H,8H2;2H2,1H3;1H;1H4. The number of hydrogen-bond donors (Lipinski definition) is 8. The first kappa shape index (κ1) is 65.5. The zero-order chi connectivity index (χ0) is 52.2. The molecule has 0 heterocycles. The van der Waals surface area contributed by atoms with E-state index in [2.05, 4.69) is 20.1 Å². The molecule has 68 heavy (non-hydrogen) atoms. The van der Waals surface area contributed by atoms with E-state index in [0.29, 0.717) is 12.8 Å². The molecule has 4 aromatic carbocycles. The number of hydrogen-bond acceptors (Lipinski definition) is 19. The van der Waals surface area contributed by atoms with Gasteiger partial charge < -0.3 is 46.7 Å². The number of halogens is 7. The number of nitrogens with one attached hydrogen (secondary N) is 2. The van der Waals surface area contributed by atoms with E-state index in [-0.39, 0.29) is 42.5 Å². The molecule has 0 aliphatic heterocycles. The van der Waals surface area contributed by atoms with Crippen LogP contribution in [-0.2, 0) is 19.2 Å². The van der Waals surface area contributed by atoms with Crippen molar-refractivity contribution in [1.82, 2.24) is 0 Å². The number of nitrogens with two attached hydrogens (primary N) is 2. The van der Waals surface area contributed by atoms with E-state index in [0.717, 1.165) is 53.3 Å². The summed E-state index contributed by atoms with van der Waals surface area (Å²) in [6.45, 7) is 7.31. The summed E-state index contributed by atoms with van der Waals surface area (Å²) in [5.41, 5.74) is 10.2. The molecule has 0 fully saturated rings. The predicted molar refractivity (Wildman–Crippen MR) is 243 cm³/mol. The molecular formula is C33H44B6F7N8O14. The topological polar surface area (TPSA) is 342 Å². The quantitative estimate of drug-likeness (QED) is 0.0117. The normalized spacial score (nSPS) is 9.47. The third-order valence-corrected chi connectivity index (χ3v) is 6.74. The number of rotatable bonds is 14. The first-order chi connectivity index (χ1) is 31.0. The van der Waals surface area contributed by atoms with Crippen LogP contribution in [0.4, 0.5) is 76.2 Å². The molecule has 0 unspecified atom stereocenters. The summed E-state index contributed by atoms with van der Waals surface area (Å²) < 4.78 is 92.2. The Labute approximate surface area is 386 Å². The average Bonchev–Trinajstić information content (AvgIpc) is 3.21. The van der Waals surface area contributed by atoms with E-state index in [9.17, 15) is 75.8 Å². The molecule has 0 aromatic heterocycles. The number of nitrogens with zero attached hydrogens (tertiary/aromatic N) is 4. The summed E-state index contributed by atoms with van der Waals surface area (Å²) in [5, 5.41) is 73.3. The van der Waals surface area contributed by atoms with Gasteiger partial charge in [0, 0.05) is 5.69 Å². The molecular weight excluding hydrogens is 930 g/mol. The second kappa shape index (κ2) is 33.6. The van der Waals surface area contributed by atoms with Gasteiger partial charge in [0.15, 0.2) is 0 Å². The minimum absolute atomic E-state index is 0. The molecule has 0 saturated carbocycles. The Morgan fingerprint density at radius 2 is 1.07 bits per heavy atom. The Balaban J connectivity index is -0.000000766. The summed E-state index contributed by atoms with van der Waals surface area (Å²) >= 11 is 0. The molecule has 0 aliphatic carbocycles. The van der Waals surface area contributed by atoms with Crippen molar-refractivity contribution in [2.75, 3.05) is 33.2 Å². The fraction of sp³-hybridized carbons (Fsp3) is 0.242. The minimum atomic E-state index is -4.64. The van der Waals surface area contributed by atoms with Crippen molar-refractivity contribution in [2.24, 2.45) is 0 Å². The number of nitro benzene ring substituents is 3. The van der Waals surface area contributed by atoms with Gasteiger partial charge in [-0.15, -0.1) is 0 Å². The van der Waals surface area contributed by atoms with E-state index in [1.807, 2.05) is 0 Å². The number of nitrogen functional groups attached to an aromatic ring is 2. The van der Waals surface area contributed by atoms with E-state index in [1.165, 1.54) is 52.2 Å². The molecule has 1 radical (unpaired) electrons. The summed E-state index contributed by atoms with van der Waals surface area (Å²) in [5.74, 6) is -2.49. The van der Waals surface area contributed by atoms with Gasteiger partial charge in [-0.25, -0.2) is 17.6 Å². The van der Waals surface area contributed by atoms with Crippen LogP contribution in [0.1, 0.15) is 7.43 Å². The van der Waals surface area contributed by atoms with Crippen molar-refractivity contribution in [1.29, 1.82) is 0 Å². The van der Waals surface area contributed by atoms with Gasteiger partial charge in [-0.1, -0.05) is 7.43 Å². The number of alkyl halides is 3. The number of nitro groups is 3. The fourth-order valence-electron chi connectivity index (χ4n) is 4.28. The molecule has 35 heteroatoms. The Hall–Kier alpha value is -6.79. The second-order valence-electron chi connectivity index (χ2n) is 12.3. The van der Waals surface area contributed by atoms with Crippen molar-refractivity contribution in [3.8, 4) is 0 Å². The largest absolute Gasteiger partial charge is 0.446 e. The summed E-state index contributed by atoms with van der Waals surface area (Å²) in [6.07, 6.45) is -5.70. The first-order valence-electron chi connectivity index (χ1n) is 18.2. The molecule has 4 rings (SSSR count). The Morgan fingerprint density at radius 1 is 0.691 bits per heavy atom. The summed E-state index contributed by atoms with van der Waals surface area (Å²) in [6, 6.07) is 13.0. The first-order valence-corrected chi connectivity index (χ1v) is 18.2. The van der Waals surface area contributed by atoms with Crippen LogP contribution in [0.25, 0.3) is 0 Å². The summed E-state index contributed by atoms with van der Waals surface area (Å²) in [4.78, 5) is 46.3. The number of benzene rings is 4. The van der Waals surface area contributed by atoms with Crippen LogP contribution in [0.3, 0.4) is 0 Å². The molecule has 0 spiro atoms. The third-order valence-electron chi connectivity index (χ3n) is 6.74. The maximum atomic E-state index is 12.9. The van der Waals surface area contributed by atoms with Crippen LogP contribution in [0.2, 0.25) is 34.1 Å². The van der Waals surface area contributed by atoms with Crippen LogP contribution >= 0.6 is 0 Å². The molecule has 0 amide bonds. The van der Waals surface area contributed by atoms with Gasteiger partial charge in [0.25, 0.3) is 17.1 Å². The zero-order valence-electron chi connectivity index (χ0n) is 35.6. The summed E-state index contributed by atoms with van der Waals surface area (Å²) in [7, 11) is -1.94. The minimum Gasteiger partial charge on any atom is -0.393 e. The Morgan fingerprint density at radius 3 is 1.44 bits per heavy atom. The molecule has 367 valence electrons. The predicted octanol–water partition coefficient (Wildman–Crippen LogP) is 5.26. The van der Waals surface area contributed by atoms with Gasteiger partial charge >= 0.3 is 76.7 Å². The van der Waals surface area contributed by atoms with Gasteiger partial charge in [0.1, 0.15) is 34.6 Å². The fourth-order valence-corrected chi connectivity index (χ4v) is 4.28. The average molecular weight is 975 g/mol. The van der Waals surface area contributed by atoms with Crippen LogP contribution in [0, 0.1) is 53.6 Å². The van der Waals surface area contributed by atoms with Gasteiger partial charge in [-0.05, 0) is 81.9 Å².